The van der Waals surface area contributed by atoms with Crippen LogP contribution < -0.4 is 0 Å². The lowest BCUT2D eigenvalue weighted by Crippen LogP contribution is -2.35. The van der Waals surface area contributed by atoms with Crippen LogP contribution in [0.3, 0.4) is 0 Å². The van der Waals surface area contributed by atoms with E-state index in [-0.39, 0.29) is 23.0 Å². The zero-order valence-corrected chi connectivity index (χ0v) is 12.8. The van der Waals surface area contributed by atoms with Crippen LogP contribution >= 0.6 is 15.9 Å². The van der Waals surface area contributed by atoms with Gasteiger partial charge >= 0.3 is 0 Å². The molecule has 1 aliphatic heterocycles. The molecule has 6 heteroatoms. The highest BCUT2D eigenvalue weighted by molar-refractivity contribution is 9.09. The average molecular weight is 343 g/mol. The lowest BCUT2D eigenvalue weighted by Gasteiger charge is -2.22. The number of benzene rings is 1. The average Bonchev–Trinajstić information content (AvgIpc) is 2.67. The minimum absolute atomic E-state index is 0.166. The van der Waals surface area contributed by atoms with E-state index in [4.69, 9.17) is 0 Å². The molecule has 5 nitrogen and oxygen atoms in total. The number of aromatic hydroxyl groups is 2. The van der Waals surface area contributed by atoms with Crippen LogP contribution in [0.15, 0.2) is 18.2 Å². The van der Waals surface area contributed by atoms with Gasteiger partial charge in [0.15, 0.2) is 11.5 Å². The minimum atomic E-state index is -0.334. The molecule has 2 N–H and O–H groups in total. The molecule has 1 amide bonds. The topological polar surface area (TPSA) is 64.0 Å². The second-order valence-corrected chi connectivity index (χ2v) is 5.64. The monoisotopic (exact) mass is 342 g/mol. The third-order valence-corrected chi connectivity index (χ3v) is 3.88. The highest BCUT2D eigenvalue weighted by Crippen LogP contribution is 2.29. The fraction of sp³-hybridized carbons (Fsp3) is 0.500. The first-order valence-corrected chi connectivity index (χ1v) is 7.84. The van der Waals surface area contributed by atoms with Crippen molar-refractivity contribution in [3.05, 3.63) is 23.8 Å². The first-order valence-electron chi connectivity index (χ1n) is 6.72. The fourth-order valence-electron chi connectivity index (χ4n) is 2.39. The predicted molar refractivity (Wildman–Crippen MR) is 80.5 cm³/mol. The van der Waals surface area contributed by atoms with E-state index in [0.717, 1.165) is 31.4 Å². The zero-order valence-electron chi connectivity index (χ0n) is 11.3. The zero-order chi connectivity index (χ0) is 14.5. The normalized spacial score (nSPS) is 16.9. The van der Waals surface area contributed by atoms with Gasteiger partial charge in [0.05, 0.1) is 5.56 Å². The van der Waals surface area contributed by atoms with Gasteiger partial charge < -0.3 is 20.0 Å². The van der Waals surface area contributed by atoms with Crippen molar-refractivity contribution in [1.29, 1.82) is 0 Å². The molecule has 0 atom stereocenters. The lowest BCUT2D eigenvalue weighted by molar-refractivity contribution is 0.0758. The Morgan fingerprint density at radius 1 is 1.20 bits per heavy atom. The summed E-state index contributed by atoms with van der Waals surface area (Å²) in [5.41, 5.74) is 0.166. The molecule has 20 heavy (non-hydrogen) atoms. The van der Waals surface area contributed by atoms with Gasteiger partial charge in [0, 0.05) is 31.5 Å². The molecule has 2 rings (SSSR count). The molecule has 110 valence electrons. The minimum Gasteiger partial charge on any atom is -0.504 e. The Hall–Kier alpha value is -1.27. The third kappa shape index (κ3) is 3.43. The first kappa shape index (κ1) is 15.1. The Bertz CT molecular complexity index is 481. The number of phenolic OH excluding ortho intramolecular Hbond substituents is 2. The maximum absolute atomic E-state index is 12.4. The van der Waals surface area contributed by atoms with Crippen molar-refractivity contribution >= 4 is 21.8 Å². The molecule has 0 unspecified atom stereocenters. The van der Waals surface area contributed by atoms with Crippen molar-refractivity contribution in [2.45, 2.75) is 6.42 Å². The number of rotatable bonds is 3. The maximum atomic E-state index is 12.4. The molecule has 0 aliphatic carbocycles. The second kappa shape index (κ2) is 6.95. The van der Waals surface area contributed by atoms with Gasteiger partial charge in [0.25, 0.3) is 5.91 Å². The summed E-state index contributed by atoms with van der Waals surface area (Å²) in [6.45, 7) is 4.09. The molecule has 0 aromatic heterocycles. The van der Waals surface area contributed by atoms with Gasteiger partial charge in [-0.2, -0.15) is 0 Å². The molecule has 1 fully saturated rings. The Labute approximate surface area is 126 Å². The molecule has 1 heterocycles. The van der Waals surface area contributed by atoms with Gasteiger partial charge in [0.2, 0.25) is 0 Å². The molecule has 1 aromatic carbocycles. The highest BCUT2D eigenvalue weighted by atomic mass is 79.9. The van der Waals surface area contributed by atoms with Crippen molar-refractivity contribution in [3.63, 3.8) is 0 Å². The van der Waals surface area contributed by atoms with Crippen LogP contribution in [0, 0.1) is 0 Å². The summed E-state index contributed by atoms with van der Waals surface area (Å²) >= 11 is 3.43. The van der Waals surface area contributed by atoms with Crippen LogP contribution in [0.4, 0.5) is 0 Å². The Balaban J connectivity index is 2.07. The summed E-state index contributed by atoms with van der Waals surface area (Å²) in [7, 11) is 0. The summed E-state index contributed by atoms with van der Waals surface area (Å²) in [5.74, 6) is -0.815. The van der Waals surface area contributed by atoms with E-state index in [2.05, 4.69) is 20.8 Å². The molecule has 1 aromatic rings. The molecular formula is C14H19BrN2O3. The molecule has 0 radical (unpaired) electrons. The number of alkyl halides is 1. The number of carbonyl (C=O) groups is 1. The van der Waals surface area contributed by atoms with Crippen molar-refractivity contribution in [2.75, 3.05) is 38.1 Å². The second-order valence-electron chi connectivity index (χ2n) is 4.85. The molecule has 1 aliphatic rings. The van der Waals surface area contributed by atoms with Gasteiger partial charge in [-0.3, -0.25) is 4.79 Å². The summed E-state index contributed by atoms with van der Waals surface area (Å²) < 4.78 is 0. The van der Waals surface area contributed by atoms with Gasteiger partial charge in [-0.1, -0.05) is 22.0 Å². The van der Waals surface area contributed by atoms with E-state index in [9.17, 15) is 15.0 Å². The van der Waals surface area contributed by atoms with Gasteiger partial charge in [-0.05, 0) is 25.1 Å². The summed E-state index contributed by atoms with van der Waals surface area (Å²) in [5, 5.41) is 20.2. The Kier molecular flexibility index (Phi) is 5.25. The summed E-state index contributed by atoms with van der Waals surface area (Å²) in [4.78, 5) is 16.5. The number of hydrogen-bond donors (Lipinski definition) is 2. The van der Waals surface area contributed by atoms with Crippen LogP contribution in [0.5, 0.6) is 11.5 Å². The fourth-order valence-corrected chi connectivity index (χ4v) is 2.89. The van der Waals surface area contributed by atoms with Crippen molar-refractivity contribution < 1.29 is 15.0 Å². The molecule has 0 saturated carbocycles. The number of amides is 1. The van der Waals surface area contributed by atoms with Gasteiger partial charge in [-0.25, -0.2) is 0 Å². The van der Waals surface area contributed by atoms with Crippen molar-refractivity contribution in [1.82, 2.24) is 9.80 Å². The van der Waals surface area contributed by atoms with Crippen molar-refractivity contribution in [3.8, 4) is 11.5 Å². The highest BCUT2D eigenvalue weighted by Gasteiger charge is 2.23. The number of carbonyl (C=O) groups excluding carboxylic acids is 1. The van der Waals surface area contributed by atoms with E-state index >= 15 is 0 Å². The van der Waals surface area contributed by atoms with Crippen LogP contribution in [0.2, 0.25) is 0 Å². The number of para-hydroxylation sites is 1. The van der Waals surface area contributed by atoms with Crippen LogP contribution in [-0.4, -0.2) is 64.0 Å². The Morgan fingerprint density at radius 3 is 2.75 bits per heavy atom. The van der Waals surface area contributed by atoms with E-state index in [1.807, 2.05) is 0 Å². The molecule has 1 saturated heterocycles. The van der Waals surface area contributed by atoms with E-state index in [1.54, 1.807) is 17.0 Å². The number of nitrogens with zero attached hydrogens (tertiary/aromatic N) is 2. The van der Waals surface area contributed by atoms with Gasteiger partial charge in [-0.15, -0.1) is 0 Å². The van der Waals surface area contributed by atoms with Crippen LogP contribution in [0.25, 0.3) is 0 Å². The maximum Gasteiger partial charge on any atom is 0.257 e. The van der Waals surface area contributed by atoms with E-state index in [1.165, 1.54) is 6.07 Å². The largest absolute Gasteiger partial charge is 0.504 e. The number of halogens is 1. The SMILES string of the molecule is O=C(c1cccc(O)c1O)N1CCCN(CCBr)CC1. The van der Waals surface area contributed by atoms with Crippen LogP contribution in [-0.2, 0) is 0 Å². The summed E-state index contributed by atoms with van der Waals surface area (Å²) in [6.07, 6.45) is 0.915. The molecule has 0 bridgehead atoms. The smallest absolute Gasteiger partial charge is 0.257 e. The Morgan fingerprint density at radius 2 is 2.00 bits per heavy atom. The molecule has 0 spiro atoms. The molecular weight excluding hydrogens is 324 g/mol. The third-order valence-electron chi connectivity index (χ3n) is 3.52. The predicted octanol–water partition coefficient (Wildman–Crippen LogP) is 1.64. The number of hydrogen-bond acceptors (Lipinski definition) is 4. The number of phenols is 2. The lowest BCUT2D eigenvalue weighted by atomic mass is 10.1. The summed E-state index contributed by atoms with van der Waals surface area (Å²) in [6, 6.07) is 4.47. The van der Waals surface area contributed by atoms with Gasteiger partial charge in [0.1, 0.15) is 0 Å². The quantitative estimate of drug-likeness (QED) is 0.647. The first-order chi connectivity index (χ1) is 9.63. The standard InChI is InChI=1S/C14H19BrN2O3/c15-5-8-16-6-2-7-17(10-9-16)14(20)11-3-1-4-12(18)13(11)19/h1,3-4,18-19H,2,5-10H2. The van der Waals surface area contributed by atoms with E-state index < -0.39 is 0 Å². The van der Waals surface area contributed by atoms with Crippen molar-refractivity contribution in [2.24, 2.45) is 0 Å². The van der Waals surface area contributed by atoms with E-state index in [0.29, 0.717) is 13.1 Å². The van der Waals surface area contributed by atoms with Crippen LogP contribution in [0.1, 0.15) is 16.8 Å².